The molecule has 1 aromatic heterocycles. The van der Waals surface area contributed by atoms with Gasteiger partial charge in [-0.05, 0) is 48.4 Å². The molecule has 1 aromatic carbocycles. The average Bonchev–Trinajstić information content (AvgIpc) is 2.95. The molecule has 2 atom stereocenters. The molecule has 2 heterocycles. The van der Waals surface area contributed by atoms with Gasteiger partial charge in [0.05, 0.1) is 6.61 Å². The third kappa shape index (κ3) is 3.09. The fraction of sp³-hybridized carbons (Fsp3) is 0.545. The number of nitrogens with zero attached hydrogens (tertiary/aromatic N) is 1. The Hall–Kier alpha value is -2.34. The summed E-state index contributed by atoms with van der Waals surface area (Å²) in [5.74, 6) is 1.05. The van der Waals surface area contributed by atoms with E-state index in [-0.39, 0.29) is 29.0 Å². The molecule has 1 aliphatic carbocycles. The number of fused-ring (bicyclic) bond motifs is 2. The van der Waals surface area contributed by atoms with E-state index in [1.165, 1.54) is 6.07 Å². The molecule has 150 valence electrons. The van der Waals surface area contributed by atoms with E-state index in [0.29, 0.717) is 23.9 Å². The number of benzene rings is 1. The number of hydrogen-bond acceptors (Lipinski definition) is 5. The van der Waals surface area contributed by atoms with Crippen LogP contribution in [0.25, 0.3) is 11.0 Å². The first kappa shape index (κ1) is 19.0. The van der Waals surface area contributed by atoms with E-state index >= 15 is 0 Å². The van der Waals surface area contributed by atoms with Crippen LogP contribution in [0.15, 0.2) is 33.5 Å². The first-order valence-corrected chi connectivity index (χ1v) is 9.68. The van der Waals surface area contributed by atoms with Crippen LogP contribution in [0.3, 0.4) is 0 Å². The number of hydrogen-bond donors (Lipinski definition) is 0. The molecule has 0 unspecified atom stereocenters. The second kappa shape index (κ2) is 6.62. The summed E-state index contributed by atoms with van der Waals surface area (Å²) < 4.78 is 16.4. The van der Waals surface area contributed by atoms with Crippen molar-refractivity contribution in [2.24, 2.45) is 16.7 Å². The van der Waals surface area contributed by atoms with Crippen molar-refractivity contribution in [2.75, 3.05) is 33.4 Å². The molecule has 0 N–H and O–H groups in total. The maximum atomic E-state index is 12.8. The summed E-state index contributed by atoms with van der Waals surface area (Å²) in [5, 5.41) is 0.810. The van der Waals surface area contributed by atoms with Crippen LogP contribution in [-0.2, 0) is 9.53 Å². The molecule has 0 spiro atoms. The molecule has 1 aliphatic heterocycles. The zero-order valence-electron chi connectivity index (χ0n) is 16.9. The number of carbonyl (C=O) groups excluding carboxylic acids is 1. The summed E-state index contributed by atoms with van der Waals surface area (Å²) >= 11 is 0. The largest absolute Gasteiger partial charge is 0.484 e. The van der Waals surface area contributed by atoms with Crippen molar-refractivity contribution < 1.29 is 18.7 Å². The van der Waals surface area contributed by atoms with Gasteiger partial charge in [0.15, 0.2) is 6.61 Å². The summed E-state index contributed by atoms with van der Waals surface area (Å²) in [4.78, 5) is 26.2. The fourth-order valence-corrected chi connectivity index (χ4v) is 5.42. The molecule has 4 rings (SSSR count). The van der Waals surface area contributed by atoms with Crippen LogP contribution in [0.5, 0.6) is 5.75 Å². The van der Waals surface area contributed by atoms with Gasteiger partial charge < -0.3 is 18.8 Å². The second-order valence-electron chi connectivity index (χ2n) is 8.98. The molecule has 0 bridgehead atoms. The molecule has 2 aliphatic rings. The minimum Gasteiger partial charge on any atom is -0.484 e. The SMILES string of the molecule is COC[C@@]12CN(C(=O)COc3ccc4oc(=O)cc(C)c4c3)C[C@@H]1C(C)(C)C2. The van der Waals surface area contributed by atoms with Gasteiger partial charge in [0.2, 0.25) is 0 Å². The van der Waals surface area contributed by atoms with Crippen molar-refractivity contribution in [1.82, 2.24) is 4.90 Å². The predicted octanol–water partition coefficient (Wildman–Crippen LogP) is 3.00. The highest BCUT2D eigenvalue weighted by molar-refractivity contribution is 5.82. The third-order valence-corrected chi connectivity index (χ3v) is 6.47. The van der Waals surface area contributed by atoms with Crippen LogP contribution in [0.1, 0.15) is 25.8 Å². The number of aryl methyl sites for hydroxylation is 1. The van der Waals surface area contributed by atoms with Gasteiger partial charge in [0, 0.05) is 37.1 Å². The average molecular weight is 385 g/mol. The van der Waals surface area contributed by atoms with Crippen LogP contribution in [-0.4, -0.2) is 44.2 Å². The smallest absolute Gasteiger partial charge is 0.336 e. The highest BCUT2D eigenvalue weighted by atomic mass is 16.5. The number of likely N-dealkylation sites (tertiary alicyclic amines) is 1. The Labute approximate surface area is 164 Å². The lowest BCUT2D eigenvalue weighted by Gasteiger charge is -2.56. The second-order valence-corrected chi connectivity index (χ2v) is 8.98. The van der Waals surface area contributed by atoms with Gasteiger partial charge in [0.1, 0.15) is 11.3 Å². The molecule has 1 saturated carbocycles. The van der Waals surface area contributed by atoms with Crippen molar-refractivity contribution in [3.63, 3.8) is 0 Å². The van der Waals surface area contributed by atoms with Gasteiger partial charge in [-0.25, -0.2) is 4.79 Å². The summed E-state index contributed by atoms with van der Waals surface area (Å²) in [6, 6.07) is 6.69. The monoisotopic (exact) mass is 385 g/mol. The molecular weight excluding hydrogens is 358 g/mol. The van der Waals surface area contributed by atoms with E-state index in [1.54, 1.807) is 19.2 Å². The van der Waals surface area contributed by atoms with E-state index in [9.17, 15) is 9.59 Å². The number of methoxy groups -OCH3 is 1. The van der Waals surface area contributed by atoms with E-state index in [0.717, 1.165) is 30.5 Å². The standard InChI is InChI=1S/C22H27NO5/c1-14-7-20(25)28-17-6-5-15(8-16(14)17)27-10-19(24)23-9-18-21(2,3)11-22(18,12-23)13-26-4/h5-8,18H,9-13H2,1-4H3/t18-,22-/m1/s1. The summed E-state index contributed by atoms with van der Waals surface area (Å²) in [7, 11) is 1.73. The maximum absolute atomic E-state index is 12.8. The van der Waals surface area contributed by atoms with Gasteiger partial charge in [-0.1, -0.05) is 13.8 Å². The van der Waals surface area contributed by atoms with Crippen molar-refractivity contribution in [1.29, 1.82) is 0 Å². The lowest BCUT2D eigenvalue weighted by Crippen LogP contribution is -2.55. The first-order valence-electron chi connectivity index (χ1n) is 9.68. The highest BCUT2D eigenvalue weighted by Gasteiger charge is 2.63. The summed E-state index contributed by atoms with van der Waals surface area (Å²) in [6.45, 7) is 8.58. The minimum atomic E-state index is -0.370. The Morgan fingerprint density at radius 3 is 2.82 bits per heavy atom. The maximum Gasteiger partial charge on any atom is 0.336 e. The minimum absolute atomic E-state index is 0.00243. The van der Waals surface area contributed by atoms with Crippen LogP contribution in [0.4, 0.5) is 0 Å². The number of amides is 1. The van der Waals surface area contributed by atoms with E-state index < -0.39 is 0 Å². The highest BCUT2D eigenvalue weighted by Crippen LogP contribution is 2.62. The molecule has 2 aromatic rings. The Morgan fingerprint density at radius 2 is 2.11 bits per heavy atom. The Morgan fingerprint density at radius 1 is 1.32 bits per heavy atom. The molecular formula is C22H27NO5. The number of carbonyl (C=O) groups is 1. The van der Waals surface area contributed by atoms with Crippen LogP contribution >= 0.6 is 0 Å². The zero-order chi connectivity index (χ0) is 20.1. The first-order chi connectivity index (χ1) is 13.2. The normalized spacial score (nSPS) is 25.4. The summed E-state index contributed by atoms with van der Waals surface area (Å²) in [5.41, 5.74) is 1.30. The van der Waals surface area contributed by atoms with Crippen molar-refractivity contribution in [3.8, 4) is 5.75 Å². The van der Waals surface area contributed by atoms with Gasteiger partial charge in [-0.3, -0.25) is 4.79 Å². The van der Waals surface area contributed by atoms with Crippen molar-refractivity contribution in [2.45, 2.75) is 27.2 Å². The fourth-order valence-electron chi connectivity index (χ4n) is 5.42. The van der Waals surface area contributed by atoms with Gasteiger partial charge in [-0.2, -0.15) is 0 Å². The van der Waals surface area contributed by atoms with E-state index in [2.05, 4.69) is 13.8 Å². The van der Waals surface area contributed by atoms with Crippen LogP contribution < -0.4 is 10.4 Å². The third-order valence-electron chi connectivity index (χ3n) is 6.47. The molecule has 1 saturated heterocycles. The van der Waals surface area contributed by atoms with Crippen LogP contribution in [0.2, 0.25) is 0 Å². The lowest BCUT2D eigenvalue weighted by atomic mass is 9.48. The Bertz CT molecular complexity index is 979. The topological polar surface area (TPSA) is 69.0 Å². The van der Waals surface area contributed by atoms with Crippen LogP contribution in [0, 0.1) is 23.7 Å². The molecule has 1 amide bonds. The Balaban J connectivity index is 1.44. The Kier molecular flexibility index (Phi) is 4.49. The van der Waals surface area contributed by atoms with E-state index in [1.807, 2.05) is 17.9 Å². The molecule has 28 heavy (non-hydrogen) atoms. The van der Waals surface area contributed by atoms with Gasteiger partial charge in [-0.15, -0.1) is 0 Å². The van der Waals surface area contributed by atoms with Crippen molar-refractivity contribution in [3.05, 3.63) is 40.2 Å². The number of rotatable bonds is 5. The molecule has 6 nitrogen and oxygen atoms in total. The summed E-state index contributed by atoms with van der Waals surface area (Å²) in [6.07, 6.45) is 1.08. The number of ether oxygens (including phenoxy) is 2. The molecule has 0 radical (unpaired) electrons. The zero-order valence-corrected chi connectivity index (χ0v) is 16.9. The predicted molar refractivity (Wildman–Crippen MR) is 105 cm³/mol. The quantitative estimate of drug-likeness (QED) is 0.740. The van der Waals surface area contributed by atoms with Crippen molar-refractivity contribution >= 4 is 16.9 Å². The van der Waals surface area contributed by atoms with Gasteiger partial charge >= 0.3 is 5.63 Å². The lowest BCUT2D eigenvalue weighted by molar-refractivity contribution is -0.133. The molecule has 2 fully saturated rings. The van der Waals surface area contributed by atoms with Gasteiger partial charge in [0.25, 0.3) is 5.91 Å². The van der Waals surface area contributed by atoms with E-state index in [4.69, 9.17) is 13.9 Å². The molecule has 6 heteroatoms.